The number of hydrogen-bond donors (Lipinski definition) is 1. The Kier molecular flexibility index (Phi) is 6.92. The number of aryl methyl sites for hydroxylation is 1. The standard InChI is InChI=1S/C38H38N4O/c1-37(2,3)28-21-25(22-29(23-28)38(4,5)6)24-18-26(31-13-10-11-16-39-31)20-27(19-24)34-35-32(15-17-40-34)42(7)36(41-35)30-12-8-9-14-33(30)43/h8-23,43H,1-7H3. The molecule has 0 saturated carbocycles. The van der Waals surface area contributed by atoms with E-state index in [-0.39, 0.29) is 16.6 Å². The van der Waals surface area contributed by atoms with Gasteiger partial charge < -0.3 is 9.67 Å². The maximum Gasteiger partial charge on any atom is 0.144 e. The largest absolute Gasteiger partial charge is 0.507 e. The third kappa shape index (κ3) is 5.43. The van der Waals surface area contributed by atoms with Gasteiger partial charge in [0.1, 0.15) is 17.1 Å². The Balaban J connectivity index is 1.62. The first-order chi connectivity index (χ1) is 20.4. The van der Waals surface area contributed by atoms with Crippen molar-refractivity contribution in [2.24, 2.45) is 7.05 Å². The first kappa shape index (κ1) is 28.4. The van der Waals surface area contributed by atoms with Gasteiger partial charge in [-0.1, -0.05) is 77.9 Å². The lowest BCUT2D eigenvalue weighted by Crippen LogP contribution is -2.16. The second kappa shape index (κ2) is 10.5. The van der Waals surface area contributed by atoms with E-state index in [0.717, 1.165) is 39.1 Å². The van der Waals surface area contributed by atoms with Crippen molar-refractivity contribution < 1.29 is 5.11 Å². The Hall–Kier alpha value is -4.77. The van der Waals surface area contributed by atoms with Crippen LogP contribution in [0.2, 0.25) is 0 Å². The highest BCUT2D eigenvalue weighted by atomic mass is 16.3. The lowest BCUT2D eigenvalue weighted by atomic mass is 9.78. The third-order valence-corrected chi connectivity index (χ3v) is 8.11. The normalized spacial score (nSPS) is 12.2. The highest BCUT2D eigenvalue weighted by Crippen LogP contribution is 2.39. The van der Waals surface area contributed by atoms with Gasteiger partial charge in [0.05, 0.1) is 22.5 Å². The fourth-order valence-electron chi connectivity index (χ4n) is 5.51. The molecule has 3 heterocycles. The van der Waals surface area contributed by atoms with E-state index in [9.17, 15) is 5.11 Å². The Morgan fingerprint density at radius 2 is 1.26 bits per heavy atom. The van der Waals surface area contributed by atoms with Gasteiger partial charge in [-0.2, -0.15) is 0 Å². The van der Waals surface area contributed by atoms with Crippen LogP contribution >= 0.6 is 0 Å². The third-order valence-electron chi connectivity index (χ3n) is 8.11. The quantitative estimate of drug-likeness (QED) is 0.231. The van der Waals surface area contributed by atoms with Gasteiger partial charge in [-0.15, -0.1) is 0 Å². The average molecular weight is 567 g/mol. The molecular weight excluding hydrogens is 528 g/mol. The highest BCUT2D eigenvalue weighted by molar-refractivity contribution is 5.94. The minimum absolute atomic E-state index is 0.00204. The van der Waals surface area contributed by atoms with Crippen LogP contribution in [-0.4, -0.2) is 24.6 Å². The number of imidazole rings is 1. The van der Waals surface area contributed by atoms with Crippen LogP contribution in [0.5, 0.6) is 5.75 Å². The molecule has 1 N–H and O–H groups in total. The minimum atomic E-state index is -0.00204. The molecule has 0 amide bonds. The molecule has 6 rings (SSSR count). The predicted molar refractivity (Wildman–Crippen MR) is 177 cm³/mol. The van der Waals surface area contributed by atoms with Crippen molar-refractivity contribution in [1.29, 1.82) is 0 Å². The van der Waals surface area contributed by atoms with Crippen LogP contribution in [-0.2, 0) is 17.9 Å². The fraction of sp³-hybridized carbons (Fsp3) is 0.237. The van der Waals surface area contributed by atoms with Gasteiger partial charge in [0.25, 0.3) is 0 Å². The fourth-order valence-corrected chi connectivity index (χ4v) is 5.51. The molecule has 0 atom stereocenters. The van der Waals surface area contributed by atoms with Crippen molar-refractivity contribution in [1.82, 2.24) is 19.5 Å². The summed E-state index contributed by atoms with van der Waals surface area (Å²) in [5, 5.41) is 10.6. The van der Waals surface area contributed by atoms with Gasteiger partial charge >= 0.3 is 0 Å². The molecule has 43 heavy (non-hydrogen) atoms. The molecule has 0 radical (unpaired) electrons. The first-order valence-electron chi connectivity index (χ1n) is 14.7. The van der Waals surface area contributed by atoms with Gasteiger partial charge in [0.2, 0.25) is 0 Å². The van der Waals surface area contributed by atoms with Crippen molar-refractivity contribution in [3.8, 4) is 50.8 Å². The number of hydrogen-bond acceptors (Lipinski definition) is 4. The monoisotopic (exact) mass is 566 g/mol. The number of nitrogens with zero attached hydrogens (tertiary/aromatic N) is 4. The average Bonchev–Trinajstić information content (AvgIpc) is 3.32. The Labute approximate surface area is 253 Å². The Morgan fingerprint density at radius 1 is 0.628 bits per heavy atom. The summed E-state index contributed by atoms with van der Waals surface area (Å²) in [7, 11) is 1.97. The predicted octanol–water partition coefficient (Wildman–Crippen LogP) is 9.33. The number of benzene rings is 3. The topological polar surface area (TPSA) is 63.8 Å². The molecule has 0 spiro atoms. The van der Waals surface area contributed by atoms with Crippen LogP contribution in [0.4, 0.5) is 0 Å². The van der Waals surface area contributed by atoms with Crippen LogP contribution in [0.15, 0.2) is 97.3 Å². The van der Waals surface area contributed by atoms with Gasteiger partial charge in [0, 0.05) is 30.6 Å². The second-order valence-corrected chi connectivity index (χ2v) is 13.4. The van der Waals surface area contributed by atoms with Crippen molar-refractivity contribution in [3.05, 3.63) is 108 Å². The molecule has 5 nitrogen and oxygen atoms in total. The molecule has 0 fully saturated rings. The number of pyridine rings is 2. The van der Waals surface area contributed by atoms with Gasteiger partial charge in [0.15, 0.2) is 0 Å². The molecule has 3 aromatic heterocycles. The zero-order valence-corrected chi connectivity index (χ0v) is 26.0. The molecule has 6 aromatic rings. The van der Waals surface area contributed by atoms with Crippen molar-refractivity contribution in [2.75, 3.05) is 0 Å². The van der Waals surface area contributed by atoms with Crippen molar-refractivity contribution in [3.63, 3.8) is 0 Å². The smallest absolute Gasteiger partial charge is 0.144 e. The van der Waals surface area contributed by atoms with Crippen molar-refractivity contribution in [2.45, 2.75) is 52.4 Å². The molecule has 5 heteroatoms. The molecule has 0 aliphatic carbocycles. The van der Waals surface area contributed by atoms with E-state index in [1.54, 1.807) is 6.07 Å². The second-order valence-electron chi connectivity index (χ2n) is 13.4. The first-order valence-corrected chi connectivity index (χ1v) is 14.7. The molecule has 0 unspecified atom stereocenters. The maximum atomic E-state index is 10.6. The lowest BCUT2D eigenvalue weighted by Gasteiger charge is -2.26. The number of fused-ring (bicyclic) bond motifs is 1. The molecule has 3 aromatic carbocycles. The molecule has 0 bridgehead atoms. The van der Waals surface area contributed by atoms with E-state index in [2.05, 4.69) is 77.9 Å². The van der Waals surface area contributed by atoms with Gasteiger partial charge in [-0.3, -0.25) is 9.97 Å². The van der Waals surface area contributed by atoms with E-state index < -0.39 is 0 Å². The number of rotatable bonds is 4. The molecule has 0 saturated heterocycles. The number of phenols is 1. The maximum absolute atomic E-state index is 10.6. The molecular formula is C38H38N4O. The van der Waals surface area contributed by atoms with Crippen LogP contribution in [0, 0.1) is 0 Å². The number of aromatic hydroxyl groups is 1. The summed E-state index contributed by atoms with van der Waals surface area (Å²) >= 11 is 0. The van der Waals surface area contributed by atoms with E-state index in [1.165, 1.54) is 16.7 Å². The summed E-state index contributed by atoms with van der Waals surface area (Å²) in [6, 6.07) is 28.9. The van der Waals surface area contributed by atoms with Crippen molar-refractivity contribution >= 4 is 11.0 Å². The van der Waals surface area contributed by atoms with Crippen LogP contribution < -0.4 is 0 Å². The van der Waals surface area contributed by atoms with E-state index >= 15 is 0 Å². The number of aromatic nitrogens is 4. The Bertz CT molecular complexity index is 1920. The van der Waals surface area contributed by atoms with Gasteiger partial charge in [-0.05, 0) is 81.6 Å². The van der Waals surface area contributed by atoms with Crippen LogP contribution in [0.1, 0.15) is 52.7 Å². The number of phenolic OH excluding ortho intramolecular Hbond substituents is 1. The number of para-hydroxylation sites is 1. The summed E-state index contributed by atoms with van der Waals surface area (Å²) in [6.07, 6.45) is 3.66. The lowest BCUT2D eigenvalue weighted by molar-refractivity contribution is 0.476. The summed E-state index contributed by atoms with van der Waals surface area (Å²) < 4.78 is 2.02. The van der Waals surface area contributed by atoms with E-state index in [4.69, 9.17) is 15.0 Å². The SMILES string of the molecule is Cn1c(-c2ccccc2O)nc2c(-c3cc(-c4cc(C(C)(C)C)cc(C(C)(C)C)c4)cc(-c4ccccn4)c3)nccc21. The summed E-state index contributed by atoms with van der Waals surface area (Å²) in [6.45, 7) is 13.6. The summed E-state index contributed by atoms with van der Waals surface area (Å²) in [4.78, 5) is 14.6. The summed E-state index contributed by atoms with van der Waals surface area (Å²) in [5.74, 6) is 0.888. The highest BCUT2D eigenvalue weighted by Gasteiger charge is 2.22. The minimum Gasteiger partial charge on any atom is -0.507 e. The molecule has 0 aliphatic heterocycles. The zero-order chi connectivity index (χ0) is 30.5. The van der Waals surface area contributed by atoms with E-state index in [1.807, 2.05) is 66.5 Å². The van der Waals surface area contributed by atoms with E-state index in [0.29, 0.717) is 11.4 Å². The van der Waals surface area contributed by atoms with Crippen LogP contribution in [0.25, 0.3) is 56.1 Å². The summed E-state index contributed by atoms with van der Waals surface area (Å²) in [5.41, 5.74) is 10.9. The Morgan fingerprint density at radius 3 is 1.91 bits per heavy atom. The molecule has 0 aliphatic rings. The zero-order valence-electron chi connectivity index (χ0n) is 26.0. The van der Waals surface area contributed by atoms with Gasteiger partial charge in [-0.25, -0.2) is 4.98 Å². The molecule has 216 valence electrons. The van der Waals surface area contributed by atoms with Crippen LogP contribution in [0.3, 0.4) is 0 Å².